The van der Waals surface area contributed by atoms with Crippen LogP contribution in [0.5, 0.6) is 0 Å². The van der Waals surface area contributed by atoms with Gasteiger partial charge in [-0.3, -0.25) is 4.79 Å². The molecule has 0 aliphatic carbocycles. The van der Waals surface area contributed by atoms with Crippen LogP contribution in [-0.4, -0.2) is 38.1 Å². The van der Waals surface area contributed by atoms with Crippen molar-refractivity contribution in [1.29, 1.82) is 0 Å². The summed E-state index contributed by atoms with van der Waals surface area (Å²) in [7, 11) is 0. The van der Waals surface area contributed by atoms with Crippen LogP contribution in [0.4, 0.5) is 17.2 Å². The molecule has 1 aliphatic heterocycles. The molecule has 0 radical (unpaired) electrons. The van der Waals surface area contributed by atoms with Gasteiger partial charge in [0.25, 0.3) is 0 Å². The van der Waals surface area contributed by atoms with Gasteiger partial charge in [0.2, 0.25) is 5.91 Å². The van der Waals surface area contributed by atoms with E-state index in [1.54, 1.807) is 6.33 Å². The standard InChI is InChI=1S/C18H20N6O2/c1-12(25)22-13-4-6-14(7-5-13)23-17-16-18(20-10-19-17)24(11-21-16)9-15-3-2-8-26-15/h4-7,10-11,15H,2-3,8-9H2,1H3,(H,22,25)(H,19,20,23). The largest absolute Gasteiger partial charge is 0.376 e. The van der Waals surface area contributed by atoms with Gasteiger partial charge in [0.1, 0.15) is 6.33 Å². The fourth-order valence-electron chi connectivity index (χ4n) is 3.09. The number of fused-ring (bicyclic) bond motifs is 1. The molecule has 0 bridgehead atoms. The third-order valence-corrected chi connectivity index (χ3v) is 4.29. The van der Waals surface area contributed by atoms with Crippen LogP contribution in [0.2, 0.25) is 0 Å². The molecule has 0 spiro atoms. The smallest absolute Gasteiger partial charge is 0.221 e. The number of imidazole rings is 1. The highest BCUT2D eigenvalue weighted by molar-refractivity contribution is 5.89. The Kier molecular flexibility index (Phi) is 4.49. The molecule has 8 nitrogen and oxygen atoms in total. The van der Waals surface area contributed by atoms with Gasteiger partial charge in [-0.15, -0.1) is 0 Å². The lowest BCUT2D eigenvalue weighted by atomic mass is 10.2. The first-order chi connectivity index (χ1) is 12.7. The zero-order chi connectivity index (χ0) is 17.9. The van der Waals surface area contributed by atoms with Gasteiger partial charge >= 0.3 is 0 Å². The first kappa shape index (κ1) is 16.5. The van der Waals surface area contributed by atoms with Crippen molar-refractivity contribution in [3.8, 4) is 0 Å². The molecule has 2 N–H and O–H groups in total. The predicted octanol–water partition coefficient (Wildman–Crippen LogP) is 2.71. The molecule has 26 heavy (non-hydrogen) atoms. The number of ether oxygens (including phenoxy) is 1. The lowest BCUT2D eigenvalue weighted by Crippen LogP contribution is -2.14. The van der Waals surface area contributed by atoms with E-state index >= 15 is 0 Å². The summed E-state index contributed by atoms with van der Waals surface area (Å²) in [4.78, 5) is 24.3. The molecule has 1 saturated heterocycles. The normalized spacial score (nSPS) is 16.7. The van der Waals surface area contributed by atoms with Crippen LogP contribution in [0, 0.1) is 0 Å². The first-order valence-electron chi connectivity index (χ1n) is 8.61. The third kappa shape index (κ3) is 3.50. The van der Waals surface area contributed by atoms with E-state index in [-0.39, 0.29) is 12.0 Å². The zero-order valence-corrected chi connectivity index (χ0v) is 14.5. The number of amides is 1. The molecule has 2 aromatic heterocycles. The Morgan fingerprint density at radius 3 is 2.77 bits per heavy atom. The summed E-state index contributed by atoms with van der Waals surface area (Å²) in [5.74, 6) is 0.549. The van der Waals surface area contributed by atoms with Crippen molar-refractivity contribution < 1.29 is 9.53 Å². The van der Waals surface area contributed by atoms with Crippen LogP contribution in [0.3, 0.4) is 0 Å². The number of aromatic nitrogens is 4. The molecule has 1 atom stereocenters. The van der Waals surface area contributed by atoms with Gasteiger partial charge in [-0.1, -0.05) is 0 Å². The summed E-state index contributed by atoms with van der Waals surface area (Å²) in [6.07, 6.45) is 5.71. The van der Waals surface area contributed by atoms with Crippen molar-refractivity contribution in [1.82, 2.24) is 19.5 Å². The molecule has 1 aliphatic rings. The van der Waals surface area contributed by atoms with Crippen LogP contribution in [0.15, 0.2) is 36.9 Å². The molecule has 1 unspecified atom stereocenters. The Morgan fingerprint density at radius 1 is 1.23 bits per heavy atom. The van der Waals surface area contributed by atoms with Gasteiger partial charge in [0, 0.05) is 24.9 Å². The van der Waals surface area contributed by atoms with Gasteiger partial charge in [-0.2, -0.15) is 0 Å². The summed E-state index contributed by atoms with van der Waals surface area (Å²) < 4.78 is 7.71. The Morgan fingerprint density at radius 2 is 2.04 bits per heavy atom. The molecule has 1 fully saturated rings. The predicted molar refractivity (Wildman–Crippen MR) is 98.3 cm³/mol. The Labute approximate surface area is 150 Å². The van der Waals surface area contributed by atoms with E-state index in [1.807, 2.05) is 28.8 Å². The summed E-state index contributed by atoms with van der Waals surface area (Å²) in [5, 5.41) is 6.01. The van der Waals surface area contributed by atoms with Crippen LogP contribution < -0.4 is 10.6 Å². The van der Waals surface area contributed by atoms with E-state index in [0.717, 1.165) is 48.5 Å². The topological polar surface area (TPSA) is 94.0 Å². The summed E-state index contributed by atoms with van der Waals surface area (Å²) in [6, 6.07) is 7.42. The monoisotopic (exact) mass is 352 g/mol. The van der Waals surface area contributed by atoms with Crippen molar-refractivity contribution in [3.63, 3.8) is 0 Å². The van der Waals surface area contributed by atoms with Gasteiger partial charge in [0.15, 0.2) is 17.0 Å². The second kappa shape index (κ2) is 7.09. The minimum Gasteiger partial charge on any atom is -0.376 e. The lowest BCUT2D eigenvalue weighted by molar-refractivity contribution is -0.114. The minimum atomic E-state index is -0.0972. The van der Waals surface area contributed by atoms with E-state index in [9.17, 15) is 4.79 Å². The number of anilines is 3. The maximum absolute atomic E-state index is 11.1. The van der Waals surface area contributed by atoms with Crippen molar-refractivity contribution in [2.24, 2.45) is 0 Å². The minimum absolute atomic E-state index is 0.0972. The molecule has 1 aromatic carbocycles. The highest BCUT2D eigenvalue weighted by Gasteiger charge is 2.18. The SMILES string of the molecule is CC(=O)Nc1ccc(Nc2ncnc3c2ncn3CC2CCCO2)cc1. The molecule has 3 aromatic rings. The highest BCUT2D eigenvalue weighted by atomic mass is 16.5. The fraction of sp³-hybridized carbons (Fsp3) is 0.333. The molecular formula is C18H20N6O2. The van der Waals surface area contributed by atoms with Gasteiger partial charge in [0.05, 0.1) is 19.0 Å². The summed E-state index contributed by atoms with van der Waals surface area (Å²) in [5.41, 5.74) is 3.11. The van der Waals surface area contributed by atoms with Crippen LogP contribution in [-0.2, 0) is 16.1 Å². The van der Waals surface area contributed by atoms with E-state index in [0.29, 0.717) is 5.82 Å². The van der Waals surface area contributed by atoms with Crippen LogP contribution >= 0.6 is 0 Å². The van der Waals surface area contributed by atoms with Crippen molar-refractivity contribution >= 4 is 34.3 Å². The van der Waals surface area contributed by atoms with Crippen molar-refractivity contribution in [3.05, 3.63) is 36.9 Å². The number of hydrogen-bond acceptors (Lipinski definition) is 6. The first-order valence-corrected chi connectivity index (χ1v) is 8.61. The van der Waals surface area contributed by atoms with Crippen molar-refractivity contribution in [2.45, 2.75) is 32.4 Å². The number of rotatable bonds is 5. The summed E-state index contributed by atoms with van der Waals surface area (Å²) >= 11 is 0. The number of benzene rings is 1. The lowest BCUT2D eigenvalue weighted by Gasteiger charge is -2.11. The molecule has 0 saturated carbocycles. The average molecular weight is 352 g/mol. The van der Waals surface area contributed by atoms with Crippen molar-refractivity contribution in [2.75, 3.05) is 17.2 Å². The second-order valence-corrected chi connectivity index (χ2v) is 6.31. The Bertz CT molecular complexity index is 915. The van der Waals surface area contributed by atoms with Crippen LogP contribution in [0.25, 0.3) is 11.2 Å². The van der Waals surface area contributed by atoms with Gasteiger partial charge < -0.3 is 19.9 Å². The number of nitrogens with one attached hydrogen (secondary N) is 2. The van der Waals surface area contributed by atoms with Crippen LogP contribution in [0.1, 0.15) is 19.8 Å². The third-order valence-electron chi connectivity index (χ3n) is 4.29. The van der Waals surface area contributed by atoms with Gasteiger partial charge in [-0.05, 0) is 37.1 Å². The average Bonchev–Trinajstić information content (AvgIpc) is 3.28. The Hall–Kier alpha value is -3.00. The number of nitrogens with zero attached hydrogens (tertiary/aromatic N) is 4. The van der Waals surface area contributed by atoms with E-state index in [4.69, 9.17) is 4.74 Å². The molecular weight excluding hydrogens is 332 g/mol. The maximum atomic E-state index is 11.1. The second-order valence-electron chi connectivity index (χ2n) is 6.31. The quantitative estimate of drug-likeness (QED) is 0.733. The fourth-order valence-corrected chi connectivity index (χ4v) is 3.09. The maximum Gasteiger partial charge on any atom is 0.221 e. The highest BCUT2D eigenvalue weighted by Crippen LogP contribution is 2.24. The number of carbonyl (C=O) groups excluding carboxylic acids is 1. The number of hydrogen-bond donors (Lipinski definition) is 2. The Balaban J connectivity index is 1.54. The van der Waals surface area contributed by atoms with E-state index in [2.05, 4.69) is 25.6 Å². The molecule has 4 rings (SSSR count). The zero-order valence-electron chi connectivity index (χ0n) is 14.5. The molecule has 8 heteroatoms. The molecule has 1 amide bonds. The van der Waals surface area contributed by atoms with Gasteiger partial charge in [-0.25, -0.2) is 15.0 Å². The van der Waals surface area contributed by atoms with E-state index < -0.39 is 0 Å². The molecule has 3 heterocycles. The summed E-state index contributed by atoms with van der Waals surface area (Å²) in [6.45, 7) is 3.06. The van der Waals surface area contributed by atoms with E-state index in [1.165, 1.54) is 13.3 Å². The molecule has 134 valence electrons. The number of carbonyl (C=O) groups is 1.